The fourth-order valence-corrected chi connectivity index (χ4v) is 2.79. The van der Waals surface area contributed by atoms with Gasteiger partial charge in [0.15, 0.2) is 0 Å². The lowest BCUT2D eigenvalue weighted by atomic mass is 10.1. The number of hydrogen-bond acceptors (Lipinski definition) is 3. The van der Waals surface area contributed by atoms with E-state index in [0.29, 0.717) is 21.8 Å². The number of rotatable bonds is 4. The van der Waals surface area contributed by atoms with Crippen molar-refractivity contribution in [1.29, 1.82) is 0 Å². The average Bonchev–Trinajstić information content (AvgIpc) is 2.73. The summed E-state index contributed by atoms with van der Waals surface area (Å²) in [6.45, 7) is 0. The average molecular weight is 473 g/mol. The molecule has 0 unspecified atom stereocenters. The van der Waals surface area contributed by atoms with Crippen LogP contribution in [0.15, 0.2) is 77.3 Å². The van der Waals surface area contributed by atoms with Gasteiger partial charge in [0, 0.05) is 31.9 Å². The maximum atomic E-state index is 12.3. The van der Waals surface area contributed by atoms with Gasteiger partial charge in [-0.3, -0.25) is 25.2 Å². The van der Waals surface area contributed by atoms with Crippen molar-refractivity contribution in [2.45, 2.75) is 0 Å². The van der Waals surface area contributed by atoms with Gasteiger partial charge in [-0.1, -0.05) is 33.6 Å². The quantitative estimate of drug-likeness (QED) is 0.491. The first-order valence-corrected chi connectivity index (χ1v) is 9.63. The van der Waals surface area contributed by atoms with E-state index in [9.17, 15) is 14.4 Å². The van der Waals surface area contributed by atoms with Crippen LogP contribution >= 0.6 is 27.5 Å². The Morgan fingerprint density at radius 3 is 1.90 bits per heavy atom. The predicted octanol–water partition coefficient (Wildman–Crippen LogP) is 4.43. The monoisotopic (exact) mass is 471 g/mol. The second-order valence-corrected chi connectivity index (χ2v) is 7.31. The highest BCUT2D eigenvalue weighted by molar-refractivity contribution is 9.10. The van der Waals surface area contributed by atoms with Crippen molar-refractivity contribution >= 4 is 50.9 Å². The smallest absolute Gasteiger partial charge is 0.269 e. The minimum absolute atomic E-state index is 0.273. The molecule has 3 aromatic rings. The van der Waals surface area contributed by atoms with Gasteiger partial charge in [0.05, 0.1) is 0 Å². The Kier molecular flexibility index (Phi) is 6.64. The zero-order valence-electron chi connectivity index (χ0n) is 14.9. The molecule has 3 amide bonds. The highest BCUT2D eigenvalue weighted by atomic mass is 79.9. The third kappa shape index (κ3) is 5.66. The predicted molar refractivity (Wildman–Crippen MR) is 115 cm³/mol. The third-order valence-corrected chi connectivity index (χ3v) is 4.67. The van der Waals surface area contributed by atoms with E-state index in [1.165, 1.54) is 6.07 Å². The summed E-state index contributed by atoms with van der Waals surface area (Å²) in [4.78, 5) is 36.7. The number of nitrogens with one attached hydrogen (secondary N) is 3. The first-order valence-electron chi connectivity index (χ1n) is 8.45. The summed E-state index contributed by atoms with van der Waals surface area (Å²) >= 11 is 9.11. The molecule has 8 heteroatoms. The zero-order valence-corrected chi connectivity index (χ0v) is 17.3. The van der Waals surface area contributed by atoms with E-state index in [-0.39, 0.29) is 11.5 Å². The Morgan fingerprint density at radius 1 is 0.690 bits per heavy atom. The van der Waals surface area contributed by atoms with Crippen LogP contribution in [0.5, 0.6) is 0 Å². The van der Waals surface area contributed by atoms with Crippen LogP contribution in [0.3, 0.4) is 0 Å². The molecule has 0 bridgehead atoms. The standard InChI is InChI=1S/C21H15BrClN3O3/c22-16-8-4-14(5-9-16)20(28)25-26-21(29)15-2-1-3-18(12-15)24-19(27)13-6-10-17(23)11-7-13/h1-12H,(H,24,27)(H,25,28)(H,26,29). The Labute approximate surface area is 180 Å². The van der Waals surface area contributed by atoms with Gasteiger partial charge in [0.2, 0.25) is 0 Å². The van der Waals surface area contributed by atoms with E-state index in [1.54, 1.807) is 66.7 Å². The molecule has 0 radical (unpaired) electrons. The maximum Gasteiger partial charge on any atom is 0.269 e. The van der Waals surface area contributed by atoms with Crippen LogP contribution in [0.25, 0.3) is 0 Å². The van der Waals surface area contributed by atoms with E-state index in [1.807, 2.05) is 0 Å². The lowest BCUT2D eigenvalue weighted by Gasteiger charge is -2.10. The SMILES string of the molecule is O=C(NNC(=O)c1cccc(NC(=O)c2ccc(Cl)cc2)c1)c1ccc(Br)cc1. The highest BCUT2D eigenvalue weighted by Gasteiger charge is 2.11. The number of benzene rings is 3. The van der Waals surface area contributed by atoms with Gasteiger partial charge in [-0.05, 0) is 66.7 Å². The van der Waals surface area contributed by atoms with Gasteiger partial charge >= 0.3 is 0 Å². The summed E-state index contributed by atoms with van der Waals surface area (Å²) in [5.41, 5.74) is 6.26. The van der Waals surface area contributed by atoms with Crippen LogP contribution in [0, 0.1) is 0 Å². The first kappa shape index (κ1) is 20.6. The van der Waals surface area contributed by atoms with Crippen LogP contribution in [0.2, 0.25) is 5.02 Å². The summed E-state index contributed by atoms with van der Waals surface area (Å²) in [5.74, 6) is -1.29. The van der Waals surface area contributed by atoms with Crippen LogP contribution in [-0.2, 0) is 0 Å². The molecule has 0 saturated heterocycles. The van der Waals surface area contributed by atoms with Gasteiger partial charge in [0.25, 0.3) is 17.7 Å². The Bertz CT molecular complexity index is 1050. The zero-order chi connectivity index (χ0) is 20.8. The van der Waals surface area contributed by atoms with Crippen molar-refractivity contribution in [1.82, 2.24) is 10.9 Å². The van der Waals surface area contributed by atoms with Crippen molar-refractivity contribution in [2.75, 3.05) is 5.32 Å². The Morgan fingerprint density at radius 2 is 1.24 bits per heavy atom. The molecule has 0 saturated carbocycles. The molecule has 3 rings (SSSR count). The number of hydrogen-bond donors (Lipinski definition) is 3. The Hall–Kier alpha value is -3.16. The molecular formula is C21H15BrClN3O3. The molecule has 3 aromatic carbocycles. The second kappa shape index (κ2) is 9.36. The molecule has 3 N–H and O–H groups in total. The summed E-state index contributed by atoms with van der Waals surface area (Å²) in [5, 5.41) is 3.25. The molecule has 29 heavy (non-hydrogen) atoms. The van der Waals surface area contributed by atoms with Crippen LogP contribution < -0.4 is 16.2 Å². The molecule has 0 aliphatic heterocycles. The molecule has 0 spiro atoms. The van der Waals surface area contributed by atoms with Gasteiger partial charge in [-0.25, -0.2) is 0 Å². The van der Waals surface area contributed by atoms with Crippen LogP contribution in [-0.4, -0.2) is 17.7 Å². The normalized spacial score (nSPS) is 10.1. The molecule has 0 aliphatic carbocycles. The number of hydrazine groups is 1. The number of halogens is 2. The third-order valence-electron chi connectivity index (χ3n) is 3.89. The number of carbonyl (C=O) groups excluding carboxylic acids is 3. The molecular weight excluding hydrogens is 458 g/mol. The molecule has 0 aromatic heterocycles. The molecule has 0 heterocycles. The fraction of sp³-hybridized carbons (Fsp3) is 0. The number of carbonyl (C=O) groups is 3. The van der Waals surface area contributed by atoms with Gasteiger partial charge in [-0.15, -0.1) is 0 Å². The number of anilines is 1. The Balaban J connectivity index is 1.61. The lowest BCUT2D eigenvalue weighted by molar-refractivity contribution is 0.0846. The summed E-state index contributed by atoms with van der Waals surface area (Å²) in [7, 11) is 0. The van der Waals surface area contributed by atoms with Gasteiger partial charge in [0.1, 0.15) is 0 Å². The molecule has 6 nitrogen and oxygen atoms in total. The topological polar surface area (TPSA) is 87.3 Å². The maximum absolute atomic E-state index is 12.3. The van der Waals surface area contributed by atoms with E-state index < -0.39 is 11.8 Å². The molecule has 0 atom stereocenters. The molecule has 146 valence electrons. The molecule has 0 aliphatic rings. The molecule has 0 fully saturated rings. The van der Waals surface area contributed by atoms with Crippen molar-refractivity contribution in [3.8, 4) is 0 Å². The summed E-state index contributed by atoms with van der Waals surface area (Å²) < 4.78 is 0.843. The van der Waals surface area contributed by atoms with Crippen molar-refractivity contribution in [2.24, 2.45) is 0 Å². The van der Waals surface area contributed by atoms with Crippen LogP contribution in [0.4, 0.5) is 5.69 Å². The van der Waals surface area contributed by atoms with Crippen molar-refractivity contribution < 1.29 is 14.4 Å². The highest BCUT2D eigenvalue weighted by Crippen LogP contribution is 2.14. The first-order chi connectivity index (χ1) is 13.9. The van der Waals surface area contributed by atoms with E-state index in [2.05, 4.69) is 32.1 Å². The van der Waals surface area contributed by atoms with Gasteiger partial charge < -0.3 is 5.32 Å². The van der Waals surface area contributed by atoms with E-state index >= 15 is 0 Å². The number of amides is 3. The summed E-state index contributed by atoms with van der Waals surface area (Å²) in [6.07, 6.45) is 0. The van der Waals surface area contributed by atoms with E-state index in [4.69, 9.17) is 11.6 Å². The van der Waals surface area contributed by atoms with Crippen molar-refractivity contribution in [3.63, 3.8) is 0 Å². The van der Waals surface area contributed by atoms with Gasteiger partial charge in [-0.2, -0.15) is 0 Å². The minimum Gasteiger partial charge on any atom is -0.322 e. The fourth-order valence-electron chi connectivity index (χ4n) is 2.40. The van der Waals surface area contributed by atoms with Crippen molar-refractivity contribution in [3.05, 3.63) is 99.0 Å². The second-order valence-electron chi connectivity index (χ2n) is 5.96. The van der Waals surface area contributed by atoms with Crippen LogP contribution in [0.1, 0.15) is 31.1 Å². The van der Waals surface area contributed by atoms with E-state index in [0.717, 1.165) is 4.47 Å². The largest absolute Gasteiger partial charge is 0.322 e. The lowest BCUT2D eigenvalue weighted by Crippen LogP contribution is -2.41. The summed E-state index contributed by atoms with van der Waals surface area (Å²) in [6, 6.07) is 19.5. The minimum atomic E-state index is -0.516.